The van der Waals surface area contributed by atoms with E-state index in [1.54, 1.807) is 6.26 Å². The lowest BCUT2D eigenvalue weighted by atomic mass is 10.1. The van der Waals surface area contributed by atoms with Gasteiger partial charge in [-0.15, -0.1) is 0 Å². The molecule has 3 nitrogen and oxygen atoms in total. The molecule has 1 aliphatic heterocycles. The molecule has 3 heterocycles. The fraction of sp³-hybridized carbons (Fsp3) is 0. The molecule has 0 saturated heterocycles. The molecule has 4 rings (SSSR count). The zero-order chi connectivity index (χ0) is 10.5. The van der Waals surface area contributed by atoms with E-state index in [0.717, 1.165) is 22.2 Å². The Bertz CT molecular complexity index is 700. The summed E-state index contributed by atoms with van der Waals surface area (Å²) in [6, 6.07) is 11.9. The summed E-state index contributed by atoms with van der Waals surface area (Å²) in [5, 5.41) is 1.09. The van der Waals surface area contributed by atoms with Crippen LogP contribution in [0.2, 0.25) is 0 Å². The highest BCUT2D eigenvalue weighted by molar-refractivity contribution is 5.86. The molecule has 3 heteroatoms. The highest BCUT2D eigenvalue weighted by Crippen LogP contribution is 2.41. The molecule has 3 aromatic rings. The molecule has 2 aromatic heterocycles. The van der Waals surface area contributed by atoms with Crippen molar-refractivity contribution in [3.8, 4) is 23.0 Å². The minimum atomic E-state index is 0.625. The van der Waals surface area contributed by atoms with Crippen LogP contribution in [-0.4, -0.2) is 4.98 Å². The fourth-order valence-corrected chi connectivity index (χ4v) is 1.98. The molecular formula is C13H7NO2. The number of para-hydroxylation sites is 1. The van der Waals surface area contributed by atoms with Gasteiger partial charge in [-0.3, -0.25) is 0 Å². The molecular weight excluding hydrogens is 202 g/mol. The van der Waals surface area contributed by atoms with Crippen LogP contribution in [-0.2, 0) is 0 Å². The first kappa shape index (κ1) is 7.93. The van der Waals surface area contributed by atoms with Gasteiger partial charge in [0.15, 0.2) is 5.75 Å². The average Bonchev–Trinajstić information content (AvgIpc) is 2.71. The number of rotatable bonds is 0. The lowest BCUT2D eigenvalue weighted by Crippen LogP contribution is -1.93. The van der Waals surface area contributed by atoms with E-state index < -0.39 is 0 Å². The third kappa shape index (κ3) is 0.945. The maximum Gasteiger partial charge on any atom is 0.231 e. The van der Waals surface area contributed by atoms with Gasteiger partial charge in [0.1, 0.15) is 12.0 Å². The molecule has 0 saturated carbocycles. The number of pyridine rings is 1. The van der Waals surface area contributed by atoms with Crippen LogP contribution in [0.25, 0.3) is 22.2 Å². The summed E-state index contributed by atoms with van der Waals surface area (Å²) in [5.74, 6) is 2.15. The van der Waals surface area contributed by atoms with Crippen molar-refractivity contribution in [1.29, 1.82) is 0 Å². The van der Waals surface area contributed by atoms with Crippen LogP contribution in [0.15, 0.2) is 47.1 Å². The molecule has 0 N–H and O–H groups in total. The Morgan fingerprint density at radius 2 is 2.00 bits per heavy atom. The van der Waals surface area contributed by atoms with Crippen LogP contribution in [0.4, 0.5) is 0 Å². The molecule has 76 valence electrons. The highest BCUT2D eigenvalue weighted by Gasteiger charge is 2.20. The Balaban J connectivity index is 2.11. The average molecular weight is 209 g/mol. The molecule has 16 heavy (non-hydrogen) atoms. The molecule has 0 spiro atoms. The molecule has 0 unspecified atom stereocenters. The third-order valence-electron chi connectivity index (χ3n) is 2.74. The summed E-state index contributed by atoms with van der Waals surface area (Å²) in [5.41, 5.74) is 1.85. The third-order valence-corrected chi connectivity index (χ3v) is 2.74. The molecule has 0 aliphatic carbocycles. The first-order valence-corrected chi connectivity index (χ1v) is 5.07. The first-order valence-electron chi connectivity index (χ1n) is 5.07. The zero-order valence-electron chi connectivity index (χ0n) is 8.31. The topological polar surface area (TPSA) is 35.3 Å². The van der Waals surface area contributed by atoms with E-state index in [1.807, 2.05) is 36.4 Å². The Morgan fingerprint density at radius 1 is 1.06 bits per heavy atom. The van der Waals surface area contributed by atoms with Crippen LogP contribution in [0, 0.1) is 0 Å². The van der Waals surface area contributed by atoms with Crippen molar-refractivity contribution >= 4 is 10.9 Å². The smallest absolute Gasteiger partial charge is 0.231 e. The monoisotopic (exact) mass is 209 g/mol. The Kier molecular flexibility index (Phi) is 1.31. The minimum Gasteiger partial charge on any atom is -0.460 e. The van der Waals surface area contributed by atoms with Crippen LogP contribution in [0.3, 0.4) is 0 Å². The van der Waals surface area contributed by atoms with Crippen molar-refractivity contribution in [2.24, 2.45) is 0 Å². The molecule has 0 atom stereocenters. The SMILES string of the molecule is c1ccc2nc3c(cc2c1)-c1cc(co1)O3. The quantitative estimate of drug-likeness (QED) is 0.444. The standard InChI is InChI=1S/C13H7NO2/c1-2-4-11-8(3-1)5-10-12-6-9(7-15-12)16-13(10)14-11/h1-7H. The summed E-state index contributed by atoms with van der Waals surface area (Å²) in [6.07, 6.45) is 1.60. The van der Waals surface area contributed by atoms with E-state index in [9.17, 15) is 0 Å². The number of ether oxygens (including phenoxy) is 1. The number of nitrogens with zero attached hydrogens (tertiary/aromatic N) is 1. The van der Waals surface area contributed by atoms with Gasteiger partial charge in [-0.25, -0.2) is 4.98 Å². The van der Waals surface area contributed by atoms with Crippen molar-refractivity contribution in [2.45, 2.75) is 0 Å². The normalized spacial score (nSPS) is 12.2. The van der Waals surface area contributed by atoms with E-state index in [0.29, 0.717) is 11.6 Å². The van der Waals surface area contributed by atoms with Crippen molar-refractivity contribution in [3.63, 3.8) is 0 Å². The second-order valence-corrected chi connectivity index (χ2v) is 3.78. The fourth-order valence-electron chi connectivity index (χ4n) is 1.98. The lowest BCUT2D eigenvalue weighted by Gasteiger charge is -2.10. The second kappa shape index (κ2) is 2.64. The number of benzene rings is 1. The van der Waals surface area contributed by atoms with Gasteiger partial charge < -0.3 is 9.15 Å². The van der Waals surface area contributed by atoms with E-state index in [2.05, 4.69) is 4.98 Å². The summed E-state index contributed by atoms with van der Waals surface area (Å²) in [4.78, 5) is 4.47. The Morgan fingerprint density at radius 3 is 3.00 bits per heavy atom. The number of hydrogen-bond donors (Lipinski definition) is 0. The van der Waals surface area contributed by atoms with Crippen LogP contribution < -0.4 is 4.74 Å². The largest absolute Gasteiger partial charge is 0.460 e. The Hall–Kier alpha value is -2.29. The van der Waals surface area contributed by atoms with E-state index in [-0.39, 0.29) is 0 Å². The summed E-state index contributed by atoms with van der Waals surface area (Å²) in [6.45, 7) is 0. The maximum absolute atomic E-state index is 5.58. The summed E-state index contributed by atoms with van der Waals surface area (Å²) >= 11 is 0. The number of aromatic nitrogens is 1. The second-order valence-electron chi connectivity index (χ2n) is 3.78. The summed E-state index contributed by atoms with van der Waals surface area (Å²) in [7, 11) is 0. The first-order chi connectivity index (χ1) is 7.90. The van der Waals surface area contributed by atoms with Gasteiger partial charge >= 0.3 is 0 Å². The van der Waals surface area contributed by atoms with Crippen LogP contribution in [0.5, 0.6) is 11.6 Å². The van der Waals surface area contributed by atoms with Gasteiger partial charge in [-0.05, 0) is 12.1 Å². The lowest BCUT2D eigenvalue weighted by molar-refractivity contribution is 0.461. The van der Waals surface area contributed by atoms with Gasteiger partial charge in [-0.2, -0.15) is 0 Å². The number of hydrogen-bond acceptors (Lipinski definition) is 3. The van der Waals surface area contributed by atoms with Crippen molar-refractivity contribution in [2.75, 3.05) is 0 Å². The molecule has 0 fully saturated rings. The van der Waals surface area contributed by atoms with E-state index in [4.69, 9.17) is 9.15 Å². The molecule has 1 aromatic carbocycles. The summed E-state index contributed by atoms with van der Waals surface area (Å²) < 4.78 is 11.0. The van der Waals surface area contributed by atoms with E-state index >= 15 is 0 Å². The molecule has 0 radical (unpaired) electrons. The van der Waals surface area contributed by atoms with Gasteiger partial charge in [0.2, 0.25) is 5.88 Å². The van der Waals surface area contributed by atoms with Crippen LogP contribution in [0.1, 0.15) is 0 Å². The minimum absolute atomic E-state index is 0.625. The maximum atomic E-state index is 5.58. The zero-order valence-corrected chi connectivity index (χ0v) is 8.31. The highest BCUT2D eigenvalue weighted by atomic mass is 16.5. The van der Waals surface area contributed by atoms with Crippen molar-refractivity contribution in [1.82, 2.24) is 4.98 Å². The molecule has 1 aliphatic rings. The van der Waals surface area contributed by atoms with Crippen molar-refractivity contribution < 1.29 is 9.15 Å². The molecule has 2 bridgehead atoms. The van der Waals surface area contributed by atoms with Crippen LogP contribution >= 0.6 is 0 Å². The number of fused-ring (bicyclic) bond motifs is 5. The van der Waals surface area contributed by atoms with Gasteiger partial charge in [0.05, 0.1) is 11.1 Å². The Labute approximate surface area is 91.3 Å². The van der Waals surface area contributed by atoms with E-state index in [1.165, 1.54) is 0 Å². The van der Waals surface area contributed by atoms with Gasteiger partial charge in [-0.1, -0.05) is 18.2 Å². The van der Waals surface area contributed by atoms with Gasteiger partial charge in [0, 0.05) is 11.5 Å². The van der Waals surface area contributed by atoms with Gasteiger partial charge in [0.25, 0.3) is 0 Å². The van der Waals surface area contributed by atoms with Crippen molar-refractivity contribution in [3.05, 3.63) is 42.7 Å². The number of furan rings is 1. The molecule has 0 amide bonds. The predicted molar refractivity (Wildman–Crippen MR) is 59.5 cm³/mol. The predicted octanol–water partition coefficient (Wildman–Crippen LogP) is 3.60.